The van der Waals surface area contributed by atoms with Crippen molar-refractivity contribution in [2.24, 2.45) is 41.4 Å². The molecule has 2 aromatic carbocycles. The third kappa shape index (κ3) is 26.0. The Bertz CT molecular complexity index is 4090. The van der Waals surface area contributed by atoms with E-state index in [1.54, 1.807) is 107 Å². The minimum Gasteiger partial charge on any atom is -0.481 e. The topological polar surface area (TPSA) is 350 Å². The third-order valence-corrected chi connectivity index (χ3v) is 27.3. The van der Waals surface area contributed by atoms with Gasteiger partial charge in [-0.2, -0.15) is 0 Å². The number of aliphatic hydroxyl groups is 2. The number of amides is 6. The first kappa shape index (κ1) is 99.5. The Balaban J connectivity index is 0.961. The number of halogens is 1. The Kier molecular flexibility index (Phi) is 37.4. The van der Waals surface area contributed by atoms with E-state index < -0.39 is 162 Å². The molecule has 0 radical (unpaired) electrons. The van der Waals surface area contributed by atoms with Crippen molar-refractivity contribution in [3.8, 4) is 0 Å². The van der Waals surface area contributed by atoms with Gasteiger partial charge in [-0.1, -0.05) is 120 Å². The summed E-state index contributed by atoms with van der Waals surface area (Å²) in [6.07, 6.45) is 3.93. The molecule has 3 fully saturated rings. The highest BCUT2D eigenvalue weighted by Crippen LogP contribution is 2.50. The zero-order valence-corrected chi connectivity index (χ0v) is 75.6. The van der Waals surface area contributed by atoms with Gasteiger partial charge < -0.3 is 53.7 Å². The van der Waals surface area contributed by atoms with Crippen LogP contribution in [-0.2, 0) is 89.3 Å². The molecule has 664 valence electrons. The number of nitrogens with one attached hydrogen (secondary N) is 1. The number of alkyl carbamates (subject to hydrolysis) is 1. The smallest absolute Gasteiger partial charge is 0.409 e. The highest BCUT2D eigenvalue weighted by molar-refractivity contribution is 8.18. The number of carboxylic acids is 1. The van der Waals surface area contributed by atoms with E-state index >= 15 is 4.79 Å². The molecule has 5 aliphatic heterocycles. The molecule has 7 rings (SSSR count). The van der Waals surface area contributed by atoms with Gasteiger partial charge in [-0.25, -0.2) is 14.8 Å². The second-order valence-electron chi connectivity index (χ2n) is 34.2. The van der Waals surface area contributed by atoms with Crippen LogP contribution in [0.25, 0.3) is 0 Å². The van der Waals surface area contributed by atoms with E-state index in [-0.39, 0.29) is 113 Å². The summed E-state index contributed by atoms with van der Waals surface area (Å²) < 4.78 is 30.6. The van der Waals surface area contributed by atoms with E-state index in [9.17, 15) is 68.1 Å². The highest BCUT2D eigenvalue weighted by atomic mass is 35.5. The number of allylic oxidation sites excluding steroid dienone is 3. The molecule has 16 atom stereocenters. The van der Waals surface area contributed by atoms with E-state index in [0.717, 1.165) is 26.7 Å². The number of nitrogens with zero attached hydrogens (tertiary/aromatic N) is 7. The van der Waals surface area contributed by atoms with Gasteiger partial charge in [0.15, 0.2) is 23.1 Å². The first-order chi connectivity index (χ1) is 56.6. The van der Waals surface area contributed by atoms with Gasteiger partial charge in [0.25, 0.3) is 11.8 Å². The second-order valence-corrected chi connectivity index (χ2v) is 36.7. The number of carbonyl (C=O) groups excluding carboxylic acids is 11. The fourth-order valence-corrected chi connectivity index (χ4v) is 18.2. The summed E-state index contributed by atoms with van der Waals surface area (Å²) >= 11 is 9.50. The first-order valence-electron chi connectivity index (χ1n) is 41.8. The van der Waals surface area contributed by atoms with Gasteiger partial charge in [-0.05, 0) is 153 Å². The van der Waals surface area contributed by atoms with Gasteiger partial charge in [-0.3, -0.25) is 67.9 Å². The van der Waals surface area contributed by atoms with Crippen LogP contribution in [0, 0.1) is 48.3 Å². The SMILES string of the molecule is CCC(C)[C@@H](C(CC(=O)N1CCC[C@H]1[C@H](OC)[C@@H](C)C(=O)C[C@@H](Cc1ccccc1)C(=O)O)OC)N(C)C(=O)[C@@H](CC(=O)C(C)(C)N(C)CCCC(=O)CN1C(=O)/C=C/SCS/C=C/C(=O)N1CC(=O)CCCN(C)[C@@H](C)C(=O)O[C@H]1CC(=O)N(C)c2cc(cc(C)c2Cl)C/C(C)=C/C=C/[C@@H](CO)[C@@]2(O)CC(OC(=O)N2)[C@@H](C)[C@H]2O[C@@]12C)C(C)C. The number of likely N-dealkylation sites (tertiary alicyclic amines) is 1. The van der Waals surface area contributed by atoms with Crippen molar-refractivity contribution < 1.29 is 96.5 Å². The molecule has 120 heavy (non-hydrogen) atoms. The maximum atomic E-state index is 15.0. The lowest BCUT2D eigenvalue weighted by atomic mass is 9.81. The number of hydrogen-bond acceptors (Lipinski definition) is 23. The van der Waals surface area contributed by atoms with E-state index in [1.165, 1.54) is 54.8 Å². The van der Waals surface area contributed by atoms with Gasteiger partial charge in [0.05, 0.1) is 72.0 Å². The van der Waals surface area contributed by atoms with Crippen LogP contribution in [0.4, 0.5) is 10.5 Å². The number of benzene rings is 2. The van der Waals surface area contributed by atoms with Gasteiger partial charge in [0, 0.05) is 108 Å². The van der Waals surface area contributed by atoms with Crippen LogP contribution >= 0.6 is 35.1 Å². The minimum absolute atomic E-state index is 0.0926. The zero-order valence-electron chi connectivity index (χ0n) is 73.2. The number of fused-ring (bicyclic) bond motifs is 5. The lowest BCUT2D eigenvalue weighted by Gasteiger charge is -2.42. The minimum atomic E-state index is -1.93. The van der Waals surface area contributed by atoms with Crippen LogP contribution in [0.5, 0.6) is 0 Å². The van der Waals surface area contributed by atoms with Gasteiger partial charge >= 0.3 is 18.0 Å². The normalized spacial score (nSPS) is 25.4. The lowest BCUT2D eigenvalue weighted by molar-refractivity contribution is -0.161. The maximum absolute atomic E-state index is 15.0. The first-order valence-corrected chi connectivity index (χ1v) is 44.2. The molecule has 5 aliphatic rings. The van der Waals surface area contributed by atoms with Crippen LogP contribution in [0.1, 0.15) is 170 Å². The summed E-state index contributed by atoms with van der Waals surface area (Å²) in [6, 6.07) is 10.8. The van der Waals surface area contributed by atoms with Crippen molar-refractivity contribution in [1.29, 1.82) is 0 Å². The number of aryl methyl sites for hydroxylation is 1. The number of anilines is 1. The monoisotopic (exact) mass is 1730 g/mol. The second kappa shape index (κ2) is 45.1. The Labute approximate surface area is 721 Å². The number of carboxylic acid groups (broad SMARTS) is 1. The Morgan fingerprint density at radius 1 is 0.858 bits per heavy atom. The Hall–Kier alpha value is -7.65. The predicted octanol–water partition coefficient (Wildman–Crippen LogP) is 10.4. The molecule has 0 spiro atoms. The molecular formula is C89H129ClN8O20S2. The number of aliphatic hydroxyl groups excluding tert-OH is 1. The summed E-state index contributed by atoms with van der Waals surface area (Å²) in [6.45, 7) is 20.8. The number of carbonyl (C=O) groups is 12. The number of ether oxygens (including phenoxy) is 5. The standard InChI is InChI=1S/C89H129ClN8O20S2/c1-19-56(5)80(71(114-17)47-78(107)96-38-26-33-68(96)81(115-18)58(7)70(102)45-63(84(109)110)43-61-28-21-20-22-29-61)95(16)83(108)67(54(2)3)46-73(103)87(10,11)93(14)37-25-32-66(101)51-98-76(105)35-40-120-53-119-39-34-75(104)97(98)50-65(100)31-24-36-92(13)60(9)85(111)117-74-48-77(106)94(15)69-44-62(42-57(6)79(69)90)41-55(4)27-23-30-64(52-99)89(113)49-72(116-86(112)91-89)59(8)82-88(74,12)118-82/h20-23,27-30,34-35,39-40,42,44,54,56,58-60,63-64,67-68,71-72,74,80-82,99,113H,19,24-26,31-33,36-38,41,43,45-53H2,1-18H3,(H,91,112)(H,109,110)/b30-23+,39-34+,40-35+,55-27+/t56?,58-,59+,60-,63+,64-,67-,68-,71?,72?,74-,80-,81+,82+,88-,89-/m0/s1. The molecule has 31 heteroatoms. The molecule has 3 unspecified atom stereocenters. The number of methoxy groups -OCH3 is 2. The number of rotatable bonds is 38. The molecule has 0 aliphatic carbocycles. The fourth-order valence-electron chi connectivity index (χ4n) is 16.6. The summed E-state index contributed by atoms with van der Waals surface area (Å²) in [5.41, 5.74) is -0.727. The summed E-state index contributed by atoms with van der Waals surface area (Å²) in [5, 5.41) is 41.0. The van der Waals surface area contributed by atoms with Crippen LogP contribution in [0.3, 0.4) is 0 Å². The van der Waals surface area contributed by atoms with Gasteiger partial charge in [0.1, 0.15) is 42.7 Å². The molecule has 2 aromatic rings. The fraction of sp³-hybridized carbons (Fsp3) is 0.640. The van der Waals surface area contributed by atoms with E-state index in [0.29, 0.717) is 53.6 Å². The summed E-state index contributed by atoms with van der Waals surface area (Å²) in [7, 11) is 9.66. The van der Waals surface area contributed by atoms with Crippen molar-refractivity contribution >= 4 is 112 Å². The third-order valence-electron chi connectivity index (χ3n) is 25.1. The average molecular weight is 1730 g/mol. The molecule has 28 nitrogen and oxygen atoms in total. The molecule has 4 N–H and O–H groups in total. The number of thioether (sulfide) groups is 2. The number of ketones is 4. The number of hydrogen-bond donors (Lipinski definition) is 4. The number of epoxide rings is 1. The molecule has 0 aromatic heterocycles. The van der Waals surface area contributed by atoms with Crippen molar-refractivity contribution in [2.45, 2.75) is 238 Å². The Morgan fingerprint density at radius 2 is 1.48 bits per heavy atom. The average Bonchev–Trinajstić information content (AvgIpc) is 1.57. The number of likely N-dealkylation sites (N-methyl/N-ethyl adjacent to an activating group) is 3. The summed E-state index contributed by atoms with van der Waals surface area (Å²) in [5.74, 6) is -10.2. The number of hydrazine groups is 1. The number of Topliss-reactive ketones (excluding diaryl/α,β-unsaturated/α-hetero) is 4. The highest BCUT2D eigenvalue weighted by Gasteiger charge is 2.65. The maximum Gasteiger partial charge on any atom is 0.409 e. The van der Waals surface area contributed by atoms with Crippen LogP contribution in [0.2, 0.25) is 5.02 Å². The molecule has 4 bridgehead atoms. The van der Waals surface area contributed by atoms with Gasteiger partial charge in [0.2, 0.25) is 17.7 Å². The van der Waals surface area contributed by atoms with E-state index in [4.69, 9.17) is 35.3 Å². The predicted molar refractivity (Wildman–Crippen MR) is 461 cm³/mol. The lowest BCUT2D eigenvalue weighted by Crippen LogP contribution is -2.62. The molecule has 6 amide bonds. The van der Waals surface area contributed by atoms with Gasteiger partial charge in [-0.15, -0.1) is 23.5 Å². The van der Waals surface area contributed by atoms with Crippen molar-refractivity contribution in [1.82, 2.24) is 34.9 Å². The molecule has 5 heterocycles. The molecular weight excluding hydrogens is 1600 g/mol. The summed E-state index contributed by atoms with van der Waals surface area (Å²) in [4.78, 5) is 178. The van der Waals surface area contributed by atoms with Crippen molar-refractivity contribution in [2.75, 3.05) is 91.7 Å². The van der Waals surface area contributed by atoms with E-state index in [1.807, 2.05) is 95.0 Å². The number of esters is 1. The molecule has 3 saturated heterocycles. The van der Waals surface area contributed by atoms with Crippen molar-refractivity contribution in [3.63, 3.8) is 0 Å². The largest absolute Gasteiger partial charge is 0.481 e. The zero-order chi connectivity index (χ0) is 89.0. The van der Waals surface area contributed by atoms with Crippen LogP contribution in [0.15, 0.2) is 89.2 Å². The van der Waals surface area contributed by atoms with Crippen molar-refractivity contribution in [3.05, 3.63) is 111 Å². The van der Waals surface area contributed by atoms with Crippen LogP contribution < -0.4 is 10.2 Å². The Morgan fingerprint density at radius 3 is 2.07 bits per heavy atom. The quantitative estimate of drug-likeness (QED) is 0.0358. The van der Waals surface area contributed by atoms with E-state index in [2.05, 4.69) is 5.32 Å². The van der Waals surface area contributed by atoms with Crippen LogP contribution in [-0.4, -0.2) is 268 Å². The molecule has 0 saturated carbocycles. The number of aliphatic carboxylic acids is 1.